The van der Waals surface area contributed by atoms with Crippen LogP contribution in [0, 0.1) is 0 Å². The van der Waals surface area contributed by atoms with E-state index in [2.05, 4.69) is 29.6 Å². The van der Waals surface area contributed by atoms with Crippen LogP contribution in [0.2, 0.25) is 6.04 Å². The molecule has 0 aliphatic heterocycles. The van der Waals surface area contributed by atoms with Crippen LogP contribution in [0.3, 0.4) is 0 Å². The highest BCUT2D eigenvalue weighted by Crippen LogP contribution is 2.15. The van der Waals surface area contributed by atoms with Crippen LogP contribution >= 0.6 is 0 Å². The Labute approximate surface area is 129 Å². The molecule has 0 aromatic heterocycles. The summed E-state index contributed by atoms with van der Waals surface area (Å²) in [5, 5.41) is 3.40. The Balaban J connectivity index is 2.16. The van der Waals surface area contributed by atoms with Crippen LogP contribution in [0.4, 0.5) is 0 Å². The summed E-state index contributed by atoms with van der Waals surface area (Å²) in [6, 6.07) is 11.1. The molecule has 0 radical (unpaired) electrons. The van der Waals surface area contributed by atoms with Crippen LogP contribution in [-0.2, 0) is 19.8 Å². The summed E-state index contributed by atoms with van der Waals surface area (Å²) in [6.07, 6.45) is 1.79. The molecule has 0 atom stereocenters. The summed E-state index contributed by atoms with van der Waals surface area (Å²) in [5.41, 5.74) is 6.83. The Morgan fingerprint density at radius 1 is 1.10 bits per heavy atom. The van der Waals surface area contributed by atoms with Gasteiger partial charge in [0.2, 0.25) is 0 Å². The smallest absolute Gasteiger partial charge is 0.377 e. The molecule has 1 aromatic rings. The highest BCUT2D eigenvalue weighted by atomic mass is 28.4. The summed E-state index contributed by atoms with van der Waals surface area (Å²) < 4.78 is 16.8. The Hall–Kier alpha value is -0.763. The van der Waals surface area contributed by atoms with Crippen molar-refractivity contribution < 1.29 is 13.3 Å². The Kier molecular flexibility index (Phi) is 9.48. The molecule has 3 N–H and O–H groups in total. The van der Waals surface area contributed by atoms with Crippen molar-refractivity contribution in [1.82, 2.24) is 5.32 Å². The van der Waals surface area contributed by atoms with Crippen molar-refractivity contribution in [2.45, 2.75) is 25.4 Å². The molecule has 0 saturated heterocycles. The van der Waals surface area contributed by atoms with E-state index in [0.717, 1.165) is 32.0 Å². The van der Waals surface area contributed by atoms with Crippen LogP contribution in [0.5, 0.6) is 0 Å². The fourth-order valence-electron chi connectivity index (χ4n) is 2.05. The third-order valence-electron chi connectivity index (χ3n) is 3.30. The molecule has 6 heteroatoms. The molecule has 0 saturated carbocycles. The van der Waals surface area contributed by atoms with Gasteiger partial charge in [-0.15, -0.1) is 0 Å². The standard InChI is InChI=1S/C15H28N2O3Si/c1-18-21(19-2,13-6-10-16)20-12-7-11-17-14-15-8-4-3-5-9-15/h3-5,8-9,17H,6-7,10-14,16H2,1-2H3. The highest BCUT2D eigenvalue weighted by molar-refractivity contribution is 6.60. The lowest BCUT2D eigenvalue weighted by atomic mass is 10.2. The van der Waals surface area contributed by atoms with Gasteiger partial charge in [0.05, 0.1) is 0 Å². The van der Waals surface area contributed by atoms with Gasteiger partial charge in [0.15, 0.2) is 0 Å². The van der Waals surface area contributed by atoms with Gasteiger partial charge >= 0.3 is 8.80 Å². The van der Waals surface area contributed by atoms with Gasteiger partial charge in [-0.3, -0.25) is 0 Å². The molecule has 1 rings (SSSR count). The van der Waals surface area contributed by atoms with E-state index in [9.17, 15) is 0 Å². The zero-order valence-corrected chi connectivity index (χ0v) is 14.1. The lowest BCUT2D eigenvalue weighted by Gasteiger charge is -2.26. The van der Waals surface area contributed by atoms with E-state index in [1.54, 1.807) is 14.2 Å². The van der Waals surface area contributed by atoms with Gasteiger partial charge in [0, 0.05) is 33.4 Å². The highest BCUT2D eigenvalue weighted by Gasteiger charge is 2.37. The molecular formula is C15H28N2O3Si. The zero-order valence-electron chi connectivity index (χ0n) is 13.1. The van der Waals surface area contributed by atoms with Crippen LogP contribution in [0.1, 0.15) is 18.4 Å². The predicted molar refractivity (Wildman–Crippen MR) is 87.0 cm³/mol. The van der Waals surface area contributed by atoms with Crippen molar-refractivity contribution in [3.05, 3.63) is 35.9 Å². The molecule has 0 heterocycles. The molecule has 5 nitrogen and oxygen atoms in total. The average Bonchev–Trinajstić information content (AvgIpc) is 2.55. The molecule has 0 amide bonds. The maximum atomic E-state index is 5.88. The van der Waals surface area contributed by atoms with Crippen LogP contribution < -0.4 is 11.1 Å². The first-order chi connectivity index (χ1) is 10.3. The third-order valence-corrected chi connectivity index (χ3v) is 6.15. The normalized spacial score (nSPS) is 11.8. The summed E-state index contributed by atoms with van der Waals surface area (Å²) in [6.45, 7) is 3.05. The van der Waals surface area contributed by atoms with Crippen molar-refractivity contribution >= 4 is 8.80 Å². The third kappa shape index (κ3) is 7.17. The van der Waals surface area contributed by atoms with E-state index < -0.39 is 8.80 Å². The molecule has 21 heavy (non-hydrogen) atoms. The molecular weight excluding hydrogens is 284 g/mol. The number of nitrogens with two attached hydrogens (primary N) is 1. The van der Waals surface area contributed by atoms with E-state index in [1.165, 1.54) is 5.56 Å². The van der Waals surface area contributed by atoms with Gasteiger partial charge in [-0.25, -0.2) is 0 Å². The quantitative estimate of drug-likeness (QED) is 0.455. The number of benzene rings is 1. The molecule has 0 unspecified atom stereocenters. The minimum atomic E-state index is -2.50. The first-order valence-corrected chi connectivity index (χ1v) is 9.38. The fourth-order valence-corrected chi connectivity index (χ4v) is 4.10. The average molecular weight is 312 g/mol. The van der Waals surface area contributed by atoms with Crippen LogP contribution in [-0.4, -0.2) is 42.7 Å². The second kappa shape index (κ2) is 10.9. The van der Waals surface area contributed by atoms with E-state index in [1.807, 2.05) is 6.07 Å². The number of hydrogen-bond donors (Lipinski definition) is 2. The second-order valence-corrected chi connectivity index (χ2v) is 7.82. The maximum absolute atomic E-state index is 5.88. The van der Waals surface area contributed by atoms with E-state index in [0.29, 0.717) is 13.2 Å². The Bertz CT molecular complexity index is 361. The van der Waals surface area contributed by atoms with E-state index >= 15 is 0 Å². The maximum Gasteiger partial charge on any atom is 0.500 e. The summed E-state index contributed by atoms with van der Waals surface area (Å²) in [4.78, 5) is 0. The second-order valence-electron chi connectivity index (χ2n) is 4.85. The molecule has 120 valence electrons. The van der Waals surface area contributed by atoms with Crippen molar-refractivity contribution in [1.29, 1.82) is 0 Å². The topological polar surface area (TPSA) is 65.7 Å². The monoisotopic (exact) mass is 312 g/mol. The van der Waals surface area contributed by atoms with Gasteiger partial charge in [0.25, 0.3) is 0 Å². The summed E-state index contributed by atoms with van der Waals surface area (Å²) in [5.74, 6) is 0. The lowest BCUT2D eigenvalue weighted by molar-refractivity contribution is 0.0966. The van der Waals surface area contributed by atoms with Crippen LogP contribution in [0.25, 0.3) is 0 Å². The SMILES string of the molecule is CO[Si](CCCN)(OC)OCCCNCc1ccccc1. The van der Waals surface area contributed by atoms with Crippen molar-refractivity contribution in [3.63, 3.8) is 0 Å². The number of rotatable bonds is 12. The van der Waals surface area contributed by atoms with Gasteiger partial charge in [-0.2, -0.15) is 0 Å². The predicted octanol–water partition coefficient (Wildman–Crippen LogP) is 1.76. The van der Waals surface area contributed by atoms with Crippen molar-refractivity contribution in [2.24, 2.45) is 5.73 Å². The molecule has 0 spiro atoms. The largest absolute Gasteiger partial charge is 0.500 e. The Morgan fingerprint density at radius 3 is 2.43 bits per heavy atom. The number of hydrogen-bond acceptors (Lipinski definition) is 5. The summed E-state index contributed by atoms with van der Waals surface area (Å²) >= 11 is 0. The Morgan fingerprint density at radius 2 is 1.81 bits per heavy atom. The molecule has 1 aromatic carbocycles. The fraction of sp³-hybridized carbons (Fsp3) is 0.600. The first-order valence-electron chi connectivity index (χ1n) is 7.45. The number of nitrogens with one attached hydrogen (secondary N) is 1. The molecule has 0 aliphatic carbocycles. The van der Waals surface area contributed by atoms with Crippen molar-refractivity contribution in [2.75, 3.05) is 33.9 Å². The van der Waals surface area contributed by atoms with E-state index in [4.69, 9.17) is 19.0 Å². The van der Waals surface area contributed by atoms with E-state index in [-0.39, 0.29) is 0 Å². The lowest BCUT2D eigenvalue weighted by Crippen LogP contribution is -2.44. The molecule has 0 fully saturated rings. The first kappa shape index (κ1) is 18.3. The van der Waals surface area contributed by atoms with Gasteiger partial charge in [-0.1, -0.05) is 30.3 Å². The van der Waals surface area contributed by atoms with Gasteiger partial charge in [-0.05, 0) is 31.5 Å². The summed E-state index contributed by atoms with van der Waals surface area (Å²) in [7, 11) is 0.809. The van der Waals surface area contributed by atoms with Crippen molar-refractivity contribution in [3.8, 4) is 0 Å². The van der Waals surface area contributed by atoms with Gasteiger partial charge in [0.1, 0.15) is 0 Å². The van der Waals surface area contributed by atoms with Crippen LogP contribution in [0.15, 0.2) is 30.3 Å². The minimum absolute atomic E-state index is 0.628. The minimum Gasteiger partial charge on any atom is -0.377 e. The zero-order chi connectivity index (χ0) is 15.4. The molecule has 0 aliphatic rings. The van der Waals surface area contributed by atoms with Gasteiger partial charge < -0.3 is 24.3 Å². The molecule has 0 bridgehead atoms.